The van der Waals surface area contributed by atoms with Gasteiger partial charge in [-0.25, -0.2) is 0 Å². The zero-order valence-electron chi connectivity index (χ0n) is 10.5. The highest BCUT2D eigenvalue weighted by Crippen LogP contribution is 2.17. The molecule has 0 unspecified atom stereocenters. The van der Waals surface area contributed by atoms with E-state index in [-0.39, 0.29) is 18.0 Å². The second kappa shape index (κ2) is 5.32. The monoisotopic (exact) mass is 232 g/mol. The Morgan fingerprint density at radius 1 is 1.47 bits per heavy atom. The van der Waals surface area contributed by atoms with Gasteiger partial charge in [-0.15, -0.1) is 0 Å². The van der Waals surface area contributed by atoms with Crippen LogP contribution in [-0.4, -0.2) is 18.5 Å². The van der Waals surface area contributed by atoms with Gasteiger partial charge in [0.2, 0.25) is 5.91 Å². The van der Waals surface area contributed by atoms with Crippen molar-refractivity contribution in [3.8, 4) is 0 Å². The predicted octanol–water partition coefficient (Wildman–Crippen LogP) is 1.92. The Hall–Kier alpha value is -1.35. The lowest BCUT2D eigenvalue weighted by Gasteiger charge is -2.19. The first-order valence-electron chi connectivity index (χ1n) is 6.28. The number of carbonyl (C=O) groups is 1. The molecule has 2 rings (SSSR count). The highest BCUT2D eigenvalue weighted by Gasteiger charge is 2.23. The van der Waals surface area contributed by atoms with Crippen LogP contribution in [0, 0.1) is 6.92 Å². The maximum atomic E-state index is 12.0. The van der Waals surface area contributed by atoms with Gasteiger partial charge in [0, 0.05) is 0 Å². The molecule has 92 valence electrons. The van der Waals surface area contributed by atoms with Gasteiger partial charge in [0.25, 0.3) is 0 Å². The molecule has 1 saturated heterocycles. The molecule has 1 aromatic carbocycles. The van der Waals surface area contributed by atoms with Gasteiger partial charge in [-0.3, -0.25) is 4.79 Å². The quantitative estimate of drug-likeness (QED) is 0.836. The first-order valence-corrected chi connectivity index (χ1v) is 6.28. The van der Waals surface area contributed by atoms with E-state index in [1.807, 2.05) is 19.1 Å². The van der Waals surface area contributed by atoms with Gasteiger partial charge in [0.1, 0.15) is 0 Å². The fourth-order valence-corrected chi connectivity index (χ4v) is 2.37. The van der Waals surface area contributed by atoms with Crippen LogP contribution >= 0.6 is 0 Å². The van der Waals surface area contributed by atoms with Crippen molar-refractivity contribution in [2.45, 2.75) is 38.8 Å². The molecule has 1 aliphatic rings. The smallest absolute Gasteiger partial charge is 0.237 e. The number of nitrogens with one attached hydrogen (secondary N) is 2. The zero-order chi connectivity index (χ0) is 12.3. The number of aryl methyl sites for hydroxylation is 1. The highest BCUT2D eigenvalue weighted by atomic mass is 16.2. The number of carbonyl (C=O) groups excluding carboxylic acids is 1. The van der Waals surface area contributed by atoms with Crippen molar-refractivity contribution < 1.29 is 4.79 Å². The van der Waals surface area contributed by atoms with Crippen molar-refractivity contribution in [2.75, 3.05) is 6.54 Å². The molecule has 0 aliphatic carbocycles. The van der Waals surface area contributed by atoms with E-state index in [1.54, 1.807) is 0 Å². The molecule has 2 atom stereocenters. The summed E-state index contributed by atoms with van der Waals surface area (Å²) in [5.41, 5.74) is 2.42. The number of amides is 1. The Bertz CT molecular complexity index is 397. The third kappa shape index (κ3) is 2.86. The summed E-state index contributed by atoms with van der Waals surface area (Å²) in [4.78, 5) is 12.0. The van der Waals surface area contributed by atoms with Crippen molar-refractivity contribution in [2.24, 2.45) is 0 Å². The lowest BCUT2D eigenvalue weighted by Crippen LogP contribution is -2.41. The maximum Gasteiger partial charge on any atom is 0.237 e. The Balaban J connectivity index is 1.99. The van der Waals surface area contributed by atoms with Gasteiger partial charge in [0.15, 0.2) is 0 Å². The van der Waals surface area contributed by atoms with Crippen LogP contribution in [0.4, 0.5) is 0 Å². The second-order valence-electron chi connectivity index (χ2n) is 4.74. The van der Waals surface area contributed by atoms with Crippen LogP contribution in [0.15, 0.2) is 24.3 Å². The van der Waals surface area contributed by atoms with E-state index >= 15 is 0 Å². The first kappa shape index (κ1) is 12.1. The first-order chi connectivity index (χ1) is 8.18. The molecule has 1 amide bonds. The summed E-state index contributed by atoms with van der Waals surface area (Å²) in [5.74, 6) is 0.123. The number of hydrogen-bond acceptors (Lipinski definition) is 2. The van der Waals surface area contributed by atoms with Crippen molar-refractivity contribution in [1.29, 1.82) is 0 Å². The molecule has 1 aliphatic heterocycles. The van der Waals surface area contributed by atoms with E-state index in [9.17, 15) is 4.79 Å². The van der Waals surface area contributed by atoms with E-state index in [0.717, 1.165) is 19.4 Å². The maximum absolute atomic E-state index is 12.0. The molecule has 3 heteroatoms. The molecule has 1 heterocycles. The van der Waals surface area contributed by atoms with Crippen molar-refractivity contribution in [3.63, 3.8) is 0 Å². The molecular weight excluding hydrogens is 212 g/mol. The van der Waals surface area contributed by atoms with Crippen molar-refractivity contribution >= 4 is 5.91 Å². The summed E-state index contributed by atoms with van der Waals surface area (Å²) < 4.78 is 0. The highest BCUT2D eigenvalue weighted by molar-refractivity contribution is 5.82. The molecule has 0 aromatic heterocycles. The van der Waals surface area contributed by atoms with Crippen molar-refractivity contribution in [1.82, 2.24) is 10.6 Å². The summed E-state index contributed by atoms with van der Waals surface area (Å²) in [6.45, 7) is 5.07. The van der Waals surface area contributed by atoms with Crippen LogP contribution in [-0.2, 0) is 4.79 Å². The number of hydrogen-bond donors (Lipinski definition) is 2. The Morgan fingerprint density at radius 3 is 2.88 bits per heavy atom. The molecule has 0 saturated carbocycles. The normalized spacial score (nSPS) is 21.2. The van der Waals surface area contributed by atoms with Crippen LogP contribution in [0.1, 0.15) is 36.9 Å². The Kier molecular flexibility index (Phi) is 3.79. The third-order valence-electron chi connectivity index (χ3n) is 3.39. The largest absolute Gasteiger partial charge is 0.348 e. The van der Waals surface area contributed by atoms with Gasteiger partial charge in [-0.1, -0.05) is 24.3 Å². The summed E-state index contributed by atoms with van der Waals surface area (Å²) >= 11 is 0. The van der Waals surface area contributed by atoms with Gasteiger partial charge < -0.3 is 10.6 Å². The van der Waals surface area contributed by atoms with Gasteiger partial charge in [0.05, 0.1) is 12.1 Å². The summed E-state index contributed by atoms with van der Waals surface area (Å²) in [6.07, 6.45) is 2.04. The Labute approximate surface area is 103 Å². The average Bonchev–Trinajstić information content (AvgIpc) is 2.82. The number of rotatable bonds is 3. The zero-order valence-corrected chi connectivity index (χ0v) is 10.5. The van der Waals surface area contributed by atoms with Crippen LogP contribution in [0.2, 0.25) is 0 Å². The van der Waals surface area contributed by atoms with Gasteiger partial charge in [-0.05, 0) is 44.4 Å². The average molecular weight is 232 g/mol. The van der Waals surface area contributed by atoms with Crippen LogP contribution in [0.3, 0.4) is 0 Å². The predicted molar refractivity (Wildman–Crippen MR) is 68.8 cm³/mol. The molecular formula is C14H20N2O. The SMILES string of the molecule is Cc1ccccc1[C@H](C)NC(=O)[C@H]1CCCN1. The van der Waals surface area contributed by atoms with E-state index in [0.29, 0.717) is 0 Å². The van der Waals surface area contributed by atoms with Gasteiger partial charge >= 0.3 is 0 Å². The van der Waals surface area contributed by atoms with E-state index < -0.39 is 0 Å². The van der Waals surface area contributed by atoms with Crippen LogP contribution in [0.5, 0.6) is 0 Å². The molecule has 1 fully saturated rings. The fraction of sp³-hybridized carbons (Fsp3) is 0.500. The molecule has 0 radical (unpaired) electrons. The minimum atomic E-state index is 0.00136. The second-order valence-corrected chi connectivity index (χ2v) is 4.74. The third-order valence-corrected chi connectivity index (χ3v) is 3.39. The minimum absolute atomic E-state index is 0.00136. The van der Waals surface area contributed by atoms with E-state index in [4.69, 9.17) is 0 Å². The lowest BCUT2D eigenvalue weighted by molar-refractivity contribution is -0.123. The molecule has 1 aromatic rings. The van der Waals surface area contributed by atoms with Crippen LogP contribution < -0.4 is 10.6 Å². The van der Waals surface area contributed by atoms with Crippen molar-refractivity contribution in [3.05, 3.63) is 35.4 Å². The van der Waals surface area contributed by atoms with Crippen LogP contribution in [0.25, 0.3) is 0 Å². The summed E-state index contributed by atoms with van der Waals surface area (Å²) in [5, 5.41) is 6.29. The van der Waals surface area contributed by atoms with E-state index in [2.05, 4.69) is 29.7 Å². The standard InChI is InChI=1S/C14H20N2O/c1-10-6-3-4-7-12(10)11(2)16-14(17)13-8-5-9-15-13/h3-4,6-7,11,13,15H,5,8-9H2,1-2H3,(H,16,17)/t11-,13+/m0/s1. The molecule has 0 spiro atoms. The minimum Gasteiger partial charge on any atom is -0.348 e. The fourth-order valence-electron chi connectivity index (χ4n) is 2.37. The van der Waals surface area contributed by atoms with E-state index in [1.165, 1.54) is 11.1 Å². The Morgan fingerprint density at radius 2 is 2.24 bits per heavy atom. The summed E-state index contributed by atoms with van der Waals surface area (Å²) in [6, 6.07) is 8.26. The molecule has 2 N–H and O–H groups in total. The number of benzene rings is 1. The summed E-state index contributed by atoms with van der Waals surface area (Å²) in [7, 11) is 0. The molecule has 0 bridgehead atoms. The topological polar surface area (TPSA) is 41.1 Å². The molecule has 3 nitrogen and oxygen atoms in total. The van der Waals surface area contributed by atoms with Gasteiger partial charge in [-0.2, -0.15) is 0 Å². The molecule has 17 heavy (non-hydrogen) atoms. The lowest BCUT2D eigenvalue weighted by atomic mass is 10.0.